The molecule has 0 spiro atoms. The van der Waals surface area contributed by atoms with Gasteiger partial charge in [0, 0.05) is 18.7 Å². The molecule has 1 fully saturated rings. The normalized spacial score (nSPS) is 18.9. The Hall–Kier alpha value is -1.02. The van der Waals surface area contributed by atoms with E-state index in [2.05, 4.69) is 9.97 Å². The van der Waals surface area contributed by atoms with Gasteiger partial charge in [0.1, 0.15) is 4.75 Å². The predicted molar refractivity (Wildman–Crippen MR) is 60.9 cm³/mol. The maximum Gasteiger partial charge on any atom is 0.247 e. The first kappa shape index (κ1) is 12.4. The second kappa shape index (κ2) is 3.49. The van der Waals surface area contributed by atoms with Crippen LogP contribution in [-0.4, -0.2) is 39.3 Å². The topological polar surface area (TPSA) is 94.1 Å². The third-order valence-corrected chi connectivity index (χ3v) is 5.74. The highest BCUT2D eigenvalue weighted by Gasteiger charge is 2.55. The summed E-state index contributed by atoms with van der Waals surface area (Å²) in [6, 6.07) is 1.46. The molecule has 94 valence electrons. The molecule has 0 bridgehead atoms. The van der Waals surface area contributed by atoms with E-state index in [1.165, 1.54) is 12.3 Å². The van der Waals surface area contributed by atoms with Gasteiger partial charge in [-0.15, -0.1) is 0 Å². The molecule has 1 aromatic rings. The molecule has 1 heterocycles. The Bertz CT molecular complexity index is 660. The van der Waals surface area contributed by atoms with Crippen LogP contribution in [0.1, 0.15) is 18.5 Å². The van der Waals surface area contributed by atoms with Crippen LogP contribution in [0, 0.1) is 0 Å². The number of nitrogens with zero attached hydrogens (tertiary/aromatic N) is 2. The van der Waals surface area contributed by atoms with Gasteiger partial charge in [-0.2, -0.15) is 0 Å². The Morgan fingerprint density at radius 1 is 1.18 bits per heavy atom. The van der Waals surface area contributed by atoms with Crippen LogP contribution in [0.4, 0.5) is 0 Å². The molecule has 0 N–H and O–H groups in total. The van der Waals surface area contributed by atoms with Gasteiger partial charge in [-0.3, -0.25) is 0 Å². The third-order valence-electron chi connectivity index (χ3n) is 2.85. The number of aromatic nitrogens is 2. The summed E-state index contributed by atoms with van der Waals surface area (Å²) in [6.07, 6.45) is 4.37. The average Bonchev–Trinajstić information content (AvgIpc) is 2.96. The molecular weight excluding hydrogens is 264 g/mol. The van der Waals surface area contributed by atoms with Crippen molar-refractivity contribution < 1.29 is 16.8 Å². The van der Waals surface area contributed by atoms with E-state index in [9.17, 15) is 16.8 Å². The van der Waals surface area contributed by atoms with Crippen molar-refractivity contribution in [2.45, 2.75) is 22.7 Å². The summed E-state index contributed by atoms with van der Waals surface area (Å²) in [5.74, 6) is 0. The molecule has 0 aromatic carbocycles. The summed E-state index contributed by atoms with van der Waals surface area (Å²) in [5, 5.41) is -0.329. The van der Waals surface area contributed by atoms with E-state index >= 15 is 0 Å². The summed E-state index contributed by atoms with van der Waals surface area (Å²) in [5.41, 5.74) is 0.274. The Morgan fingerprint density at radius 3 is 2.18 bits per heavy atom. The fourth-order valence-electron chi connectivity index (χ4n) is 1.70. The van der Waals surface area contributed by atoms with Gasteiger partial charge in [-0.25, -0.2) is 26.8 Å². The van der Waals surface area contributed by atoms with Gasteiger partial charge < -0.3 is 0 Å². The molecule has 1 saturated carbocycles. The van der Waals surface area contributed by atoms with Gasteiger partial charge in [-0.05, 0) is 18.9 Å². The van der Waals surface area contributed by atoms with E-state index < -0.39 is 24.4 Å². The molecule has 8 heteroatoms. The van der Waals surface area contributed by atoms with E-state index in [1.54, 1.807) is 0 Å². The smallest absolute Gasteiger partial charge is 0.228 e. The van der Waals surface area contributed by atoms with Crippen LogP contribution in [0.5, 0.6) is 0 Å². The van der Waals surface area contributed by atoms with E-state index in [1.807, 2.05) is 0 Å². The van der Waals surface area contributed by atoms with Crippen molar-refractivity contribution >= 4 is 19.7 Å². The lowest BCUT2D eigenvalue weighted by Crippen LogP contribution is -2.22. The average molecular weight is 276 g/mol. The minimum absolute atomic E-state index is 0.274. The minimum atomic E-state index is -3.52. The van der Waals surface area contributed by atoms with Crippen LogP contribution >= 0.6 is 0 Å². The number of hydrogen-bond acceptors (Lipinski definition) is 6. The number of rotatable bonds is 3. The summed E-state index contributed by atoms with van der Waals surface area (Å²) in [6.45, 7) is 0. The van der Waals surface area contributed by atoms with Crippen molar-refractivity contribution in [2.75, 3.05) is 12.5 Å². The van der Waals surface area contributed by atoms with Crippen LogP contribution in [0.3, 0.4) is 0 Å². The van der Waals surface area contributed by atoms with Gasteiger partial charge in [0.2, 0.25) is 15.0 Å². The van der Waals surface area contributed by atoms with Crippen LogP contribution in [0.25, 0.3) is 0 Å². The molecule has 0 atom stereocenters. The maximum absolute atomic E-state index is 11.7. The Labute approximate surface area is 99.9 Å². The molecular formula is C9H12N2O4S2. The van der Waals surface area contributed by atoms with Crippen molar-refractivity contribution in [2.24, 2.45) is 0 Å². The molecule has 0 radical (unpaired) electrons. The predicted octanol–water partition coefficient (Wildman–Crippen LogP) is -0.0862. The first-order chi connectivity index (χ1) is 7.67. The lowest BCUT2D eigenvalue weighted by molar-refractivity contribution is 0.577. The Balaban J connectivity index is 2.57. The minimum Gasteiger partial charge on any atom is -0.228 e. The standard InChI is InChI=1S/C9H12N2O4S2/c1-16(12,13)8-10-6-3-7(11-8)9(4-5-9)17(2,14)15/h3,6H,4-5H2,1-2H3. The van der Waals surface area contributed by atoms with Gasteiger partial charge in [0.15, 0.2) is 9.84 Å². The Morgan fingerprint density at radius 2 is 1.76 bits per heavy atom. The molecule has 1 aliphatic rings. The summed E-state index contributed by atoms with van der Waals surface area (Å²) < 4.78 is 44.9. The quantitative estimate of drug-likeness (QED) is 0.716. The van der Waals surface area contributed by atoms with Crippen molar-refractivity contribution in [1.29, 1.82) is 0 Å². The molecule has 17 heavy (non-hydrogen) atoms. The van der Waals surface area contributed by atoms with Gasteiger partial charge in [0.05, 0.1) is 5.69 Å². The molecule has 2 rings (SSSR count). The van der Waals surface area contributed by atoms with Crippen LogP contribution in [0.2, 0.25) is 0 Å². The fourth-order valence-corrected chi connectivity index (χ4v) is 3.56. The third kappa shape index (κ3) is 2.06. The first-order valence-electron chi connectivity index (χ1n) is 4.90. The molecule has 6 nitrogen and oxygen atoms in total. The molecule has 0 aliphatic heterocycles. The molecule has 1 aliphatic carbocycles. The molecule has 1 aromatic heterocycles. The highest BCUT2D eigenvalue weighted by Crippen LogP contribution is 2.51. The van der Waals surface area contributed by atoms with Crippen LogP contribution in [-0.2, 0) is 24.4 Å². The summed E-state index contributed by atoms with van der Waals surface area (Å²) >= 11 is 0. The first-order valence-corrected chi connectivity index (χ1v) is 8.68. The zero-order valence-electron chi connectivity index (χ0n) is 9.41. The lowest BCUT2D eigenvalue weighted by atomic mass is 10.3. The number of hydrogen-bond donors (Lipinski definition) is 0. The van der Waals surface area contributed by atoms with E-state index in [4.69, 9.17) is 0 Å². The molecule has 0 unspecified atom stereocenters. The van der Waals surface area contributed by atoms with Crippen molar-refractivity contribution in [3.63, 3.8) is 0 Å². The molecule has 0 saturated heterocycles. The second-order valence-corrected chi connectivity index (χ2v) is 8.50. The fraction of sp³-hybridized carbons (Fsp3) is 0.556. The number of sulfone groups is 2. The maximum atomic E-state index is 11.7. The van der Waals surface area contributed by atoms with Crippen molar-refractivity contribution in [3.05, 3.63) is 18.0 Å². The van der Waals surface area contributed by atoms with Crippen LogP contribution in [0.15, 0.2) is 17.4 Å². The van der Waals surface area contributed by atoms with Crippen LogP contribution < -0.4 is 0 Å². The van der Waals surface area contributed by atoms with Gasteiger partial charge in [0.25, 0.3) is 0 Å². The Kier molecular flexibility index (Phi) is 2.55. The SMILES string of the molecule is CS(=O)(=O)c1nccc(C2(S(C)(=O)=O)CC2)n1. The summed E-state index contributed by atoms with van der Waals surface area (Å²) in [4.78, 5) is 7.51. The van der Waals surface area contributed by atoms with E-state index in [-0.39, 0.29) is 10.9 Å². The zero-order chi connectivity index (χ0) is 12.9. The second-order valence-electron chi connectivity index (χ2n) is 4.26. The lowest BCUT2D eigenvalue weighted by Gasteiger charge is -2.12. The zero-order valence-corrected chi connectivity index (χ0v) is 11.0. The van der Waals surface area contributed by atoms with Gasteiger partial charge in [-0.1, -0.05) is 0 Å². The van der Waals surface area contributed by atoms with Crippen molar-refractivity contribution in [1.82, 2.24) is 9.97 Å². The monoisotopic (exact) mass is 276 g/mol. The highest BCUT2D eigenvalue weighted by molar-refractivity contribution is 7.92. The van der Waals surface area contributed by atoms with Crippen molar-refractivity contribution in [3.8, 4) is 0 Å². The van der Waals surface area contributed by atoms with Gasteiger partial charge >= 0.3 is 0 Å². The molecule has 0 amide bonds. The highest BCUT2D eigenvalue weighted by atomic mass is 32.2. The largest absolute Gasteiger partial charge is 0.247 e. The van der Waals surface area contributed by atoms with E-state index in [0.29, 0.717) is 12.8 Å². The summed E-state index contributed by atoms with van der Waals surface area (Å²) in [7, 11) is -6.81. The van der Waals surface area contributed by atoms with E-state index in [0.717, 1.165) is 12.5 Å².